The zero-order valence-electron chi connectivity index (χ0n) is 9.35. The number of benzene rings is 1. The highest BCUT2D eigenvalue weighted by Crippen LogP contribution is 2.13. The van der Waals surface area contributed by atoms with Gasteiger partial charge >= 0.3 is 0 Å². The largest absolute Gasteiger partial charge is 0.481 e. The Hall–Kier alpha value is -1.62. The topological polar surface area (TPSA) is 47.0 Å². The van der Waals surface area contributed by atoms with Gasteiger partial charge < -0.3 is 10.1 Å². The summed E-state index contributed by atoms with van der Waals surface area (Å²) in [5, 5.41) is 3.21. The zero-order valence-corrected chi connectivity index (χ0v) is 10.9. The Kier molecular flexibility index (Phi) is 3.93. The molecule has 0 saturated carbocycles. The van der Waals surface area contributed by atoms with Crippen LogP contribution in [0.5, 0.6) is 5.88 Å². The molecular weight excluding hydrogens is 282 g/mol. The van der Waals surface area contributed by atoms with E-state index >= 15 is 0 Å². The van der Waals surface area contributed by atoms with Gasteiger partial charge in [0.25, 0.3) is 0 Å². The van der Waals surface area contributed by atoms with Crippen LogP contribution in [0.25, 0.3) is 0 Å². The maximum Gasteiger partial charge on any atom is 0.218 e. The van der Waals surface area contributed by atoms with Crippen LogP contribution in [0, 0.1) is 0 Å². The molecule has 0 amide bonds. The van der Waals surface area contributed by atoms with E-state index < -0.39 is 0 Å². The Morgan fingerprint density at radius 1 is 1.24 bits per heavy atom. The van der Waals surface area contributed by atoms with E-state index in [0.717, 1.165) is 10.3 Å². The molecule has 0 spiro atoms. The highest BCUT2D eigenvalue weighted by molar-refractivity contribution is 9.10. The molecule has 2 aromatic rings. The lowest BCUT2D eigenvalue weighted by molar-refractivity contribution is 0.397. The molecular formula is C12H12BrN3O. The fraction of sp³-hybridized carbons (Fsp3) is 0.167. The lowest BCUT2D eigenvalue weighted by Gasteiger charge is -2.06. The monoisotopic (exact) mass is 293 g/mol. The van der Waals surface area contributed by atoms with E-state index in [-0.39, 0.29) is 0 Å². The molecule has 0 radical (unpaired) electrons. The van der Waals surface area contributed by atoms with Crippen molar-refractivity contribution in [3.05, 3.63) is 46.7 Å². The summed E-state index contributed by atoms with van der Waals surface area (Å²) < 4.78 is 6.10. The van der Waals surface area contributed by atoms with Gasteiger partial charge in [0.1, 0.15) is 12.1 Å². The Morgan fingerprint density at radius 3 is 2.71 bits per heavy atom. The van der Waals surface area contributed by atoms with Crippen LogP contribution < -0.4 is 10.1 Å². The number of aromatic nitrogens is 2. The van der Waals surface area contributed by atoms with Crippen molar-refractivity contribution >= 4 is 21.7 Å². The van der Waals surface area contributed by atoms with Crippen LogP contribution in [0.1, 0.15) is 5.56 Å². The molecule has 17 heavy (non-hydrogen) atoms. The molecule has 0 aliphatic heterocycles. The highest BCUT2D eigenvalue weighted by atomic mass is 79.9. The van der Waals surface area contributed by atoms with Crippen LogP contribution in [-0.2, 0) is 6.54 Å². The van der Waals surface area contributed by atoms with Crippen molar-refractivity contribution in [1.29, 1.82) is 0 Å². The second-order valence-electron chi connectivity index (χ2n) is 3.43. The summed E-state index contributed by atoms with van der Waals surface area (Å²) in [6, 6.07) is 9.89. The summed E-state index contributed by atoms with van der Waals surface area (Å²) >= 11 is 3.40. The minimum Gasteiger partial charge on any atom is -0.481 e. The number of nitrogens with zero attached hydrogens (tertiary/aromatic N) is 2. The van der Waals surface area contributed by atoms with Gasteiger partial charge in [-0.3, -0.25) is 0 Å². The van der Waals surface area contributed by atoms with Crippen molar-refractivity contribution in [2.75, 3.05) is 12.4 Å². The lowest BCUT2D eigenvalue weighted by Crippen LogP contribution is -2.02. The van der Waals surface area contributed by atoms with E-state index in [2.05, 4.69) is 43.3 Å². The zero-order chi connectivity index (χ0) is 12.1. The van der Waals surface area contributed by atoms with Gasteiger partial charge in [0.15, 0.2) is 0 Å². The minimum absolute atomic E-state index is 0.554. The maximum atomic E-state index is 5.03. The number of hydrogen-bond acceptors (Lipinski definition) is 4. The standard InChI is InChI=1S/C12H12BrN3O/c1-17-12-6-11(15-8-16-12)14-7-9-2-4-10(13)5-3-9/h2-6,8H,7H2,1H3,(H,14,15,16). The lowest BCUT2D eigenvalue weighted by atomic mass is 10.2. The molecule has 4 nitrogen and oxygen atoms in total. The Labute approximate surface area is 108 Å². The summed E-state index contributed by atoms with van der Waals surface area (Å²) in [5.74, 6) is 1.30. The SMILES string of the molecule is COc1cc(NCc2ccc(Br)cc2)ncn1. The normalized spacial score (nSPS) is 10.0. The molecule has 88 valence electrons. The Morgan fingerprint density at radius 2 is 2.00 bits per heavy atom. The molecule has 1 aromatic heterocycles. The number of halogens is 1. The van der Waals surface area contributed by atoms with E-state index in [1.54, 1.807) is 13.2 Å². The number of rotatable bonds is 4. The molecule has 5 heteroatoms. The highest BCUT2D eigenvalue weighted by Gasteiger charge is 1.98. The predicted molar refractivity (Wildman–Crippen MR) is 70.1 cm³/mol. The quantitative estimate of drug-likeness (QED) is 0.942. The first kappa shape index (κ1) is 11.9. The fourth-order valence-electron chi connectivity index (χ4n) is 1.34. The van der Waals surface area contributed by atoms with Crippen molar-refractivity contribution in [3.8, 4) is 5.88 Å². The third-order valence-corrected chi connectivity index (χ3v) is 2.77. The van der Waals surface area contributed by atoms with Gasteiger partial charge in [0.2, 0.25) is 5.88 Å². The van der Waals surface area contributed by atoms with Crippen LogP contribution in [0.2, 0.25) is 0 Å². The molecule has 0 atom stereocenters. The van der Waals surface area contributed by atoms with Crippen molar-refractivity contribution in [2.45, 2.75) is 6.54 Å². The van der Waals surface area contributed by atoms with Gasteiger partial charge in [-0.25, -0.2) is 9.97 Å². The van der Waals surface area contributed by atoms with Crippen molar-refractivity contribution in [3.63, 3.8) is 0 Å². The van der Waals surface area contributed by atoms with Gasteiger partial charge in [0, 0.05) is 17.1 Å². The van der Waals surface area contributed by atoms with Gasteiger partial charge in [-0.05, 0) is 17.7 Å². The first-order chi connectivity index (χ1) is 8.28. The average molecular weight is 294 g/mol. The third-order valence-electron chi connectivity index (χ3n) is 2.24. The van der Waals surface area contributed by atoms with Gasteiger partial charge in [-0.15, -0.1) is 0 Å². The molecule has 1 N–H and O–H groups in total. The van der Waals surface area contributed by atoms with Crippen LogP contribution in [0.4, 0.5) is 5.82 Å². The second-order valence-corrected chi connectivity index (χ2v) is 4.34. The Balaban J connectivity index is 1.99. The summed E-state index contributed by atoms with van der Waals surface area (Å²) in [7, 11) is 1.58. The van der Waals surface area contributed by atoms with E-state index in [1.807, 2.05) is 12.1 Å². The molecule has 0 saturated heterocycles. The molecule has 0 bridgehead atoms. The molecule has 0 aliphatic rings. The molecule has 2 rings (SSSR count). The number of anilines is 1. The smallest absolute Gasteiger partial charge is 0.218 e. The summed E-state index contributed by atoms with van der Waals surface area (Å²) in [4.78, 5) is 8.05. The van der Waals surface area contributed by atoms with E-state index in [1.165, 1.54) is 11.9 Å². The molecule has 1 heterocycles. The Bertz CT molecular complexity index is 487. The molecule has 0 aliphatic carbocycles. The van der Waals surface area contributed by atoms with Crippen LogP contribution >= 0.6 is 15.9 Å². The van der Waals surface area contributed by atoms with Crippen LogP contribution in [0.3, 0.4) is 0 Å². The van der Waals surface area contributed by atoms with Crippen molar-refractivity contribution in [1.82, 2.24) is 9.97 Å². The second kappa shape index (κ2) is 5.63. The van der Waals surface area contributed by atoms with Gasteiger partial charge in [0.05, 0.1) is 7.11 Å². The van der Waals surface area contributed by atoms with E-state index in [0.29, 0.717) is 12.4 Å². The average Bonchev–Trinajstić information content (AvgIpc) is 2.38. The van der Waals surface area contributed by atoms with E-state index in [4.69, 9.17) is 4.74 Å². The summed E-state index contributed by atoms with van der Waals surface area (Å²) in [5.41, 5.74) is 1.19. The minimum atomic E-state index is 0.554. The molecule has 1 aromatic carbocycles. The third kappa shape index (κ3) is 3.42. The molecule has 0 unspecified atom stereocenters. The number of nitrogens with one attached hydrogen (secondary N) is 1. The fourth-order valence-corrected chi connectivity index (χ4v) is 1.61. The summed E-state index contributed by atoms with van der Waals surface area (Å²) in [6.07, 6.45) is 1.47. The maximum absolute atomic E-state index is 5.03. The number of ether oxygens (including phenoxy) is 1. The van der Waals surface area contributed by atoms with Gasteiger partial charge in [-0.1, -0.05) is 28.1 Å². The number of hydrogen-bond donors (Lipinski definition) is 1. The van der Waals surface area contributed by atoms with Crippen LogP contribution in [0.15, 0.2) is 41.1 Å². The van der Waals surface area contributed by atoms with E-state index in [9.17, 15) is 0 Å². The first-order valence-electron chi connectivity index (χ1n) is 5.12. The summed E-state index contributed by atoms with van der Waals surface area (Å²) in [6.45, 7) is 0.716. The van der Waals surface area contributed by atoms with Crippen molar-refractivity contribution in [2.24, 2.45) is 0 Å². The van der Waals surface area contributed by atoms with Gasteiger partial charge in [-0.2, -0.15) is 0 Å². The van der Waals surface area contributed by atoms with Crippen molar-refractivity contribution < 1.29 is 4.74 Å². The van der Waals surface area contributed by atoms with Crippen LogP contribution in [-0.4, -0.2) is 17.1 Å². The first-order valence-corrected chi connectivity index (χ1v) is 5.91. The number of methoxy groups -OCH3 is 1. The predicted octanol–water partition coefficient (Wildman–Crippen LogP) is 2.86. The molecule has 0 fully saturated rings.